The largest absolute Gasteiger partial charge is 0.417 e. The van der Waals surface area contributed by atoms with Crippen molar-refractivity contribution >= 4 is 23.3 Å². The second-order valence-electron chi connectivity index (χ2n) is 9.61. The molecule has 1 fully saturated rings. The lowest BCUT2D eigenvalue weighted by Gasteiger charge is -2.47. The standard InChI is InChI=1S/C26H27ClF2N6O2/c1-15(18-12-21(37-25(28)29)32-13-20(18)27)24(36)35-10-3-6-26(14-35)7-5-17-11-19(16(2)33-22(17)34-26)23-30-8-4-9-31-23/h4,8-9,11-13,15,25H,3,5-7,10,14H2,1-2H3,(H,33,34)/t15-,26-/m1/s1. The topological polar surface area (TPSA) is 93.1 Å². The predicted molar refractivity (Wildman–Crippen MR) is 135 cm³/mol. The van der Waals surface area contributed by atoms with E-state index in [1.165, 1.54) is 12.3 Å². The van der Waals surface area contributed by atoms with E-state index >= 15 is 0 Å². The van der Waals surface area contributed by atoms with E-state index in [4.69, 9.17) is 16.6 Å². The molecule has 8 nitrogen and oxygen atoms in total. The first-order valence-electron chi connectivity index (χ1n) is 12.2. The molecule has 2 aliphatic rings. The van der Waals surface area contributed by atoms with Gasteiger partial charge in [-0.05, 0) is 62.8 Å². The first kappa shape index (κ1) is 25.3. The lowest BCUT2D eigenvalue weighted by atomic mass is 9.80. The molecule has 2 atom stereocenters. The van der Waals surface area contributed by atoms with Crippen molar-refractivity contribution in [3.63, 3.8) is 0 Å². The number of likely N-dealkylation sites (tertiary alicyclic amines) is 1. The van der Waals surface area contributed by atoms with Gasteiger partial charge in [0.1, 0.15) is 5.82 Å². The Morgan fingerprint density at radius 2 is 2.00 bits per heavy atom. The Balaban J connectivity index is 1.34. The SMILES string of the molecule is Cc1nc2c(cc1-c1ncccn1)CC[C@@]1(CCCN(C(=O)[C@H](C)c3cc(OC(F)F)ncc3Cl)C1)N2. The average molecular weight is 529 g/mol. The first-order valence-corrected chi connectivity index (χ1v) is 12.6. The minimum absolute atomic E-state index is 0.122. The zero-order valence-electron chi connectivity index (χ0n) is 20.5. The number of hydrogen-bond donors (Lipinski definition) is 1. The Labute approximate surface area is 218 Å². The Kier molecular flexibility index (Phi) is 6.94. The van der Waals surface area contributed by atoms with Gasteiger partial charge in [-0.1, -0.05) is 11.6 Å². The molecule has 194 valence electrons. The van der Waals surface area contributed by atoms with Gasteiger partial charge in [-0.25, -0.2) is 19.9 Å². The van der Waals surface area contributed by atoms with Crippen molar-refractivity contribution < 1.29 is 18.3 Å². The van der Waals surface area contributed by atoms with Crippen molar-refractivity contribution in [2.45, 2.75) is 57.6 Å². The number of halogens is 3. The molecule has 11 heteroatoms. The monoisotopic (exact) mass is 528 g/mol. The minimum atomic E-state index is -3.01. The maximum Gasteiger partial charge on any atom is 0.388 e. The number of anilines is 1. The van der Waals surface area contributed by atoms with Crippen LogP contribution in [0.1, 0.15) is 48.9 Å². The van der Waals surface area contributed by atoms with Crippen LogP contribution in [-0.2, 0) is 11.2 Å². The second-order valence-corrected chi connectivity index (χ2v) is 10.0. The van der Waals surface area contributed by atoms with Crippen molar-refractivity contribution in [3.05, 3.63) is 58.6 Å². The molecule has 1 spiro atoms. The molecule has 3 aromatic heterocycles. The number of nitrogens with one attached hydrogen (secondary N) is 1. The number of nitrogens with zero attached hydrogens (tertiary/aromatic N) is 5. The molecule has 1 saturated heterocycles. The quantitative estimate of drug-likeness (QED) is 0.497. The molecule has 5 heterocycles. The fourth-order valence-corrected chi connectivity index (χ4v) is 5.52. The highest BCUT2D eigenvalue weighted by Crippen LogP contribution is 2.38. The number of rotatable bonds is 5. The molecule has 1 N–H and O–H groups in total. The molecule has 0 bridgehead atoms. The van der Waals surface area contributed by atoms with Gasteiger partial charge in [-0.3, -0.25) is 4.79 Å². The Morgan fingerprint density at radius 1 is 1.22 bits per heavy atom. The van der Waals surface area contributed by atoms with Crippen molar-refractivity contribution in [3.8, 4) is 17.3 Å². The van der Waals surface area contributed by atoms with E-state index in [9.17, 15) is 13.6 Å². The van der Waals surface area contributed by atoms with E-state index in [1.54, 1.807) is 25.4 Å². The Hall–Kier alpha value is -3.40. The highest BCUT2D eigenvalue weighted by Gasteiger charge is 2.41. The van der Waals surface area contributed by atoms with Crippen LogP contribution in [0.2, 0.25) is 5.02 Å². The summed E-state index contributed by atoms with van der Waals surface area (Å²) in [6.45, 7) is 1.78. The van der Waals surface area contributed by atoms with Gasteiger partial charge < -0.3 is 15.0 Å². The summed E-state index contributed by atoms with van der Waals surface area (Å²) < 4.78 is 29.7. The number of alkyl halides is 2. The normalized spacial score (nSPS) is 19.9. The zero-order valence-corrected chi connectivity index (χ0v) is 21.3. The highest BCUT2D eigenvalue weighted by molar-refractivity contribution is 6.31. The number of carbonyl (C=O) groups excluding carboxylic acids is 1. The number of aryl methyl sites for hydroxylation is 2. The second kappa shape index (κ2) is 10.2. The van der Waals surface area contributed by atoms with Crippen molar-refractivity contribution in [2.75, 3.05) is 18.4 Å². The lowest BCUT2D eigenvalue weighted by molar-refractivity contribution is -0.134. The van der Waals surface area contributed by atoms with Crippen LogP contribution < -0.4 is 10.1 Å². The Morgan fingerprint density at radius 3 is 2.76 bits per heavy atom. The van der Waals surface area contributed by atoms with Gasteiger partial charge >= 0.3 is 6.61 Å². The van der Waals surface area contributed by atoms with E-state index in [0.717, 1.165) is 48.3 Å². The number of hydrogen-bond acceptors (Lipinski definition) is 7. The average Bonchev–Trinajstić information content (AvgIpc) is 2.89. The van der Waals surface area contributed by atoms with Crippen LogP contribution in [0.4, 0.5) is 14.6 Å². The van der Waals surface area contributed by atoms with Crippen LogP contribution in [-0.4, -0.2) is 56.0 Å². The van der Waals surface area contributed by atoms with Gasteiger partial charge in [0.25, 0.3) is 0 Å². The number of pyridine rings is 2. The Bertz CT molecular complexity index is 1310. The number of carbonyl (C=O) groups is 1. The van der Waals surface area contributed by atoms with Crippen LogP contribution in [0.3, 0.4) is 0 Å². The van der Waals surface area contributed by atoms with E-state index in [2.05, 4.69) is 31.1 Å². The number of piperidine rings is 1. The third-order valence-corrected chi connectivity index (χ3v) is 7.47. The third-order valence-electron chi connectivity index (χ3n) is 7.15. The summed E-state index contributed by atoms with van der Waals surface area (Å²) in [5.74, 6) is 0.447. The number of amides is 1. The zero-order chi connectivity index (χ0) is 26.2. The van der Waals surface area contributed by atoms with Gasteiger partial charge in [0.15, 0.2) is 5.82 Å². The van der Waals surface area contributed by atoms with Crippen LogP contribution in [0.5, 0.6) is 5.88 Å². The molecule has 37 heavy (non-hydrogen) atoms. The van der Waals surface area contributed by atoms with Crippen LogP contribution in [0, 0.1) is 6.92 Å². The van der Waals surface area contributed by atoms with Crippen LogP contribution >= 0.6 is 11.6 Å². The molecule has 0 aromatic carbocycles. The molecule has 3 aromatic rings. The van der Waals surface area contributed by atoms with Crippen LogP contribution in [0.15, 0.2) is 36.8 Å². The molecule has 0 radical (unpaired) electrons. The van der Waals surface area contributed by atoms with Gasteiger partial charge in [0.2, 0.25) is 11.8 Å². The predicted octanol–water partition coefficient (Wildman–Crippen LogP) is 5.02. The first-order chi connectivity index (χ1) is 17.7. The molecule has 1 amide bonds. The van der Waals surface area contributed by atoms with E-state index in [-0.39, 0.29) is 22.3 Å². The van der Waals surface area contributed by atoms with E-state index < -0.39 is 12.5 Å². The van der Waals surface area contributed by atoms with E-state index in [0.29, 0.717) is 24.5 Å². The van der Waals surface area contributed by atoms with Gasteiger partial charge in [-0.15, -0.1) is 0 Å². The molecule has 5 rings (SSSR count). The molecular formula is C26H27ClF2N6O2. The van der Waals surface area contributed by atoms with Crippen molar-refractivity contribution in [2.24, 2.45) is 0 Å². The molecule has 0 saturated carbocycles. The maximum absolute atomic E-state index is 13.5. The van der Waals surface area contributed by atoms with Gasteiger partial charge in [-0.2, -0.15) is 8.78 Å². The molecular weight excluding hydrogens is 502 g/mol. The van der Waals surface area contributed by atoms with Crippen LogP contribution in [0.25, 0.3) is 11.4 Å². The van der Waals surface area contributed by atoms with Crippen molar-refractivity contribution in [1.29, 1.82) is 0 Å². The summed E-state index contributed by atoms with van der Waals surface area (Å²) in [6, 6.07) is 5.20. The lowest BCUT2D eigenvalue weighted by Crippen LogP contribution is -2.56. The summed E-state index contributed by atoms with van der Waals surface area (Å²) in [5.41, 5.74) is 2.96. The van der Waals surface area contributed by atoms with E-state index in [1.807, 2.05) is 11.8 Å². The molecule has 0 unspecified atom stereocenters. The van der Waals surface area contributed by atoms with Gasteiger partial charge in [0.05, 0.1) is 22.2 Å². The molecule has 2 aliphatic heterocycles. The summed E-state index contributed by atoms with van der Waals surface area (Å²) >= 11 is 6.28. The number of ether oxygens (including phenoxy) is 1. The molecule has 0 aliphatic carbocycles. The summed E-state index contributed by atoms with van der Waals surface area (Å²) in [4.78, 5) is 32.7. The summed E-state index contributed by atoms with van der Waals surface area (Å²) in [7, 11) is 0. The van der Waals surface area contributed by atoms with Gasteiger partial charge in [0, 0.05) is 43.3 Å². The number of fused-ring (bicyclic) bond motifs is 1. The number of aromatic nitrogens is 4. The third kappa shape index (κ3) is 5.20. The summed E-state index contributed by atoms with van der Waals surface area (Å²) in [5, 5.41) is 3.89. The highest BCUT2D eigenvalue weighted by atomic mass is 35.5. The van der Waals surface area contributed by atoms with Crippen molar-refractivity contribution in [1.82, 2.24) is 24.8 Å². The summed E-state index contributed by atoms with van der Waals surface area (Å²) in [6.07, 6.45) is 8.08. The smallest absolute Gasteiger partial charge is 0.388 e. The minimum Gasteiger partial charge on any atom is -0.417 e. The fraction of sp³-hybridized carbons (Fsp3) is 0.423. The fourth-order valence-electron chi connectivity index (χ4n) is 5.25. The maximum atomic E-state index is 13.5.